The minimum Gasteiger partial charge on any atom is -0.302 e. The second-order valence-corrected chi connectivity index (χ2v) is 7.54. The van der Waals surface area contributed by atoms with E-state index in [1.165, 1.54) is 24.1 Å². The van der Waals surface area contributed by atoms with Crippen molar-refractivity contribution in [3.8, 4) is 6.07 Å². The molecule has 3 heteroatoms. The lowest BCUT2D eigenvalue weighted by molar-refractivity contribution is 0.188. The molecule has 0 heterocycles. The zero-order chi connectivity index (χ0) is 18.4. The number of benzene rings is 2. The van der Waals surface area contributed by atoms with E-state index < -0.39 is 5.41 Å². The normalized spacial score (nSPS) is 16.7. The summed E-state index contributed by atoms with van der Waals surface area (Å²) in [6.07, 6.45) is 5.20. The minimum absolute atomic E-state index is 0.239. The van der Waals surface area contributed by atoms with Crippen molar-refractivity contribution in [2.75, 3.05) is 13.6 Å². The van der Waals surface area contributed by atoms with Crippen LogP contribution in [0.2, 0.25) is 0 Å². The average Bonchev–Trinajstić information content (AvgIpc) is 2.60. The van der Waals surface area contributed by atoms with Crippen LogP contribution in [0.1, 0.15) is 43.2 Å². The Kier molecular flexibility index (Phi) is 6.06. The fourth-order valence-electron chi connectivity index (χ4n) is 4.05. The summed E-state index contributed by atoms with van der Waals surface area (Å²) in [5.74, 6) is 0.161. The van der Waals surface area contributed by atoms with Crippen LogP contribution in [0.3, 0.4) is 0 Å². The summed E-state index contributed by atoms with van der Waals surface area (Å²) in [5, 5.41) is 10.1. The van der Waals surface area contributed by atoms with Crippen molar-refractivity contribution in [3.05, 3.63) is 71.5 Å². The first-order chi connectivity index (χ1) is 12.6. The van der Waals surface area contributed by atoms with Crippen molar-refractivity contribution in [1.82, 2.24) is 4.90 Å². The van der Waals surface area contributed by atoms with Crippen LogP contribution < -0.4 is 0 Å². The van der Waals surface area contributed by atoms with Gasteiger partial charge in [0, 0.05) is 6.54 Å². The van der Waals surface area contributed by atoms with Gasteiger partial charge in [0.1, 0.15) is 5.82 Å². The Labute approximate surface area is 156 Å². The van der Waals surface area contributed by atoms with Crippen LogP contribution in [0, 0.1) is 23.1 Å². The van der Waals surface area contributed by atoms with E-state index in [1.54, 1.807) is 0 Å². The molecule has 2 aromatic carbocycles. The fraction of sp³-hybridized carbons (Fsp3) is 0.435. The highest BCUT2D eigenvalue weighted by molar-refractivity contribution is 5.34. The zero-order valence-electron chi connectivity index (χ0n) is 15.5. The van der Waals surface area contributed by atoms with E-state index in [1.807, 2.05) is 18.2 Å². The van der Waals surface area contributed by atoms with E-state index in [0.717, 1.165) is 44.3 Å². The average molecular weight is 350 g/mol. The molecule has 0 amide bonds. The molecule has 1 aliphatic carbocycles. The van der Waals surface area contributed by atoms with E-state index in [9.17, 15) is 9.65 Å². The van der Waals surface area contributed by atoms with Crippen molar-refractivity contribution in [3.63, 3.8) is 0 Å². The second kappa shape index (κ2) is 8.47. The van der Waals surface area contributed by atoms with E-state index >= 15 is 0 Å². The van der Waals surface area contributed by atoms with Crippen LogP contribution in [-0.4, -0.2) is 18.5 Å². The van der Waals surface area contributed by atoms with Crippen molar-refractivity contribution >= 4 is 0 Å². The summed E-state index contributed by atoms with van der Waals surface area (Å²) in [7, 11) is 2.13. The molecule has 0 aliphatic heterocycles. The van der Waals surface area contributed by atoms with Gasteiger partial charge in [0.2, 0.25) is 0 Å². The maximum atomic E-state index is 13.4. The van der Waals surface area contributed by atoms with Gasteiger partial charge >= 0.3 is 0 Å². The monoisotopic (exact) mass is 350 g/mol. The van der Waals surface area contributed by atoms with Crippen LogP contribution in [0.15, 0.2) is 54.6 Å². The Morgan fingerprint density at radius 2 is 1.81 bits per heavy atom. The van der Waals surface area contributed by atoms with Gasteiger partial charge in [0.05, 0.1) is 11.5 Å². The van der Waals surface area contributed by atoms with Gasteiger partial charge in [-0.3, -0.25) is 0 Å². The Morgan fingerprint density at radius 3 is 2.38 bits per heavy atom. The molecular formula is C23H27FN2. The molecule has 136 valence electrons. The molecule has 0 N–H and O–H groups in total. The van der Waals surface area contributed by atoms with Crippen molar-refractivity contribution in [2.45, 2.75) is 44.1 Å². The lowest BCUT2D eigenvalue weighted by Gasteiger charge is -2.41. The quantitative estimate of drug-likeness (QED) is 0.646. The van der Waals surface area contributed by atoms with Crippen LogP contribution >= 0.6 is 0 Å². The first-order valence-electron chi connectivity index (χ1n) is 9.54. The molecule has 0 spiro atoms. The zero-order valence-corrected chi connectivity index (χ0v) is 15.5. The highest BCUT2D eigenvalue weighted by Crippen LogP contribution is 2.46. The summed E-state index contributed by atoms with van der Waals surface area (Å²) in [4.78, 5) is 2.31. The molecule has 0 radical (unpaired) electrons. The molecular weight excluding hydrogens is 323 g/mol. The largest absolute Gasteiger partial charge is 0.302 e. The SMILES string of the molecule is CN(CCCC(C#N)(c1ccc(F)cc1)C1CCC1)Cc1ccccc1. The predicted octanol–water partition coefficient (Wildman–Crippen LogP) is 5.30. The summed E-state index contributed by atoms with van der Waals surface area (Å²) < 4.78 is 13.4. The van der Waals surface area contributed by atoms with Crippen molar-refractivity contribution in [2.24, 2.45) is 5.92 Å². The minimum atomic E-state index is -0.473. The summed E-state index contributed by atoms with van der Waals surface area (Å²) in [5.41, 5.74) is 1.82. The lowest BCUT2D eigenvalue weighted by Crippen LogP contribution is -2.38. The smallest absolute Gasteiger partial charge is 0.123 e. The molecule has 2 nitrogen and oxygen atoms in total. The third-order valence-corrected chi connectivity index (χ3v) is 5.77. The number of rotatable bonds is 8. The van der Waals surface area contributed by atoms with E-state index in [4.69, 9.17) is 0 Å². The molecule has 1 saturated carbocycles. The Hall–Kier alpha value is -2.18. The molecule has 26 heavy (non-hydrogen) atoms. The summed E-state index contributed by atoms with van der Waals surface area (Å²) >= 11 is 0. The first-order valence-corrected chi connectivity index (χ1v) is 9.54. The van der Waals surface area contributed by atoms with Crippen LogP contribution in [0.5, 0.6) is 0 Å². The van der Waals surface area contributed by atoms with Gasteiger partial charge in [-0.15, -0.1) is 0 Å². The van der Waals surface area contributed by atoms with Gasteiger partial charge in [-0.1, -0.05) is 48.9 Å². The standard InChI is InChI=1S/C23H27FN2/c1-26(17-19-7-3-2-4-8-19)16-6-15-23(18-25,20-9-5-10-20)21-11-13-22(24)14-12-21/h2-4,7-8,11-14,20H,5-6,9-10,15-17H2,1H3. The summed E-state index contributed by atoms with van der Waals surface area (Å²) in [6, 6.07) is 19.7. The Morgan fingerprint density at radius 1 is 1.12 bits per heavy atom. The third kappa shape index (κ3) is 4.14. The topological polar surface area (TPSA) is 27.0 Å². The third-order valence-electron chi connectivity index (χ3n) is 5.77. The Balaban J connectivity index is 1.65. The number of hydrogen-bond donors (Lipinski definition) is 0. The number of nitrogens with zero attached hydrogens (tertiary/aromatic N) is 2. The maximum Gasteiger partial charge on any atom is 0.123 e. The summed E-state index contributed by atoms with van der Waals surface area (Å²) in [6.45, 7) is 1.87. The van der Waals surface area contributed by atoms with Crippen LogP contribution in [-0.2, 0) is 12.0 Å². The molecule has 3 rings (SSSR count). The molecule has 1 fully saturated rings. The molecule has 2 aromatic rings. The molecule has 1 unspecified atom stereocenters. The second-order valence-electron chi connectivity index (χ2n) is 7.54. The van der Waals surface area contributed by atoms with Crippen LogP contribution in [0.25, 0.3) is 0 Å². The lowest BCUT2D eigenvalue weighted by atomic mass is 9.61. The first kappa shape index (κ1) is 18.6. The van der Waals surface area contributed by atoms with E-state index in [2.05, 4.69) is 42.3 Å². The van der Waals surface area contributed by atoms with Gasteiger partial charge in [-0.2, -0.15) is 5.26 Å². The predicted molar refractivity (Wildman–Crippen MR) is 103 cm³/mol. The Bertz CT molecular complexity index is 731. The highest BCUT2D eigenvalue weighted by Gasteiger charge is 2.43. The molecule has 0 aromatic heterocycles. The van der Waals surface area contributed by atoms with Gasteiger partial charge in [0.15, 0.2) is 0 Å². The highest BCUT2D eigenvalue weighted by atomic mass is 19.1. The number of halogens is 1. The molecule has 0 saturated heterocycles. The van der Waals surface area contributed by atoms with Gasteiger partial charge in [-0.25, -0.2) is 4.39 Å². The fourth-order valence-corrected chi connectivity index (χ4v) is 4.05. The maximum absolute atomic E-state index is 13.4. The molecule has 1 aliphatic rings. The van der Waals surface area contributed by atoms with Gasteiger partial charge in [-0.05, 0) is 68.5 Å². The van der Waals surface area contributed by atoms with E-state index in [0.29, 0.717) is 5.92 Å². The number of nitriles is 1. The number of hydrogen-bond acceptors (Lipinski definition) is 2. The molecule has 0 bridgehead atoms. The van der Waals surface area contributed by atoms with Crippen LogP contribution in [0.4, 0.5) is 4.39 Å². The van der Waals surface area contributed by atoms with Gasteiger partial charge < -0.3 is 4.90 Å². The van der Waals surface area contributed by atoms with Crippen molar-refractivity contribution in [1.29, 1.82) is 5.26 Å². The van der Waals surface area contributed by atoms with E-state index in [-0.39, 0.29) is 5.82 Å². The van der Waals surface area contributed by atoms with Gasteiger partial charge in [0.25, 0.3) is 0 Å². The molecule has 1 atom stereocenters. The van der Waals surface area contributed by atoms with Crippen molar-refractivity contribution < 1.29 is 4.39 Å².